The molecule has 7 nitrogen and oxygen atoms in total. The molecule has 0 radical (unpaired) electrons. The number of rotatable bonds is 6. The van der Waals surface area contributed by atoms with E-state index < -0.39 is 5.63 Å². The maximum absolute atomic E-state index is 12.4. The summed E-state index contributed by atoms with van der Waals surface area (Å²) in [5, 5.41) is 14.7. The van der Waals surface area contributed by atoms with Crippen LogP contribution < -0.4 is 16.3 Å². The first-order valence-corrected chi connectivity index (χ1v) is 10.6. The lowest BCUT2D eigenvalue weighted by Crippen LogP contribution is -2.13. The van der Waals surface area contributed by atoms with Crippen LogP contribution in [0, 0.1) is 0 Å². The number of hydrogen-bond acceptors (Lipinski definition) is 5. The second-order valence-corrected chi connectivity index (χ2v) is 7.62. The van der Waals surface area contributed by atoms with Gasteiger partial charge in [0.1, 0.15) is 6.26 Å². The molecular weight excluding hydrogens is 428 g/mol. The zero-order chi connectivity index (χ0) is 23.3. The quantitative estimate of drug-likeness (QED) is 0.310. The van der Waals surface area contributed by atoms with Gasteiger partial charge in [-0.1, -0.05) is 42.5 Å². The number of anilines is 3. The first kappa shape index (κ1) is 21.0. The summed E-state index contributed by atoms with van der Waals surface area (Å²) in [7, 11) is 0. The number of aromatic nitrogens is 2. The van der Waals surface area contributed by atoms with Crippen molar-refractivity contribution < 1.29 is 9.21 Å². The number of hydrogen-bond donors (Lipinski definition) is 3. The number of nitrogens with one attached hydrogen (secondary N) is 3. The van der Waals surface area contributed by atoms with Gasteiger partial charge in [0.05, 0.1) is 16.8 Å². The number of benzene rings is 3. The predicted molar refractivity (Wildman–Crippen MR) is 134 cm³/mol. The van der Waals surface area contributed by atoms with Crippen LogP contribution in [0.3, 0.4) is 0 Å². The molecule has 3 aromatic carbocycles. The van der Waals surface area contributed by atoms with Crippen molar-refractivity contribution in [3.63, 3.8) is 0 Å². The monoisotopic (exact) mass is 448 g/mol. The Bertz CT molecular complexity index is 1530. The summed E-state index contributed by atoms with van der Waals surface area (Å²) in [4.78, 5) is 23.5. The molecule has 34 heavy (non-hydrogen) atoms. The lowest BCUT2D eigenvalue weighted by Gasteiger charge is -2.10. The fourth-order valence-electron chi connectivity index (χ4n) is 3.52. The van der Waals surface area contributed by atoms with Gasteiger partial charge in [-0.2, -0.15) is 5.10 Å². The van der Waals surface area contributed by atoms with E-state index in [9.17, 15) is 9.59 Å². The van der Waals surface area contributed by atoms with Gasteiger partial charge in [-0.3, -0.25) is 9.89 Å². The van der Waals surface area contributed by atoms with Crippen molar-refractivity contribution >= 4 is 46.0 Å². The molecule has 5 rings (SSSR count). The van der Waals surface area contributed by atoms with Gasteiger partial charge in [0.15, 0.2) is 0 Å². The maximum atomic E-state index is 12.4. The SMILES string of the molecule is O=C(Nc1cccc(Nc2ccc3c(/C=C/c4ccccc4)n[nH]c3c2)c1)c1ccc(=O)oc1. The second-order valence-electron chi connectivity index (χ2n) is 7.62. The normalized spacial score (nSPS) is 11.1. The first-order valence-electron chi connectivity index (χ1n) is 10.6. The van der Waals surface area contributed by atoms with E-state index in [1.54, 1.807) is 6.07 Å². The minimum absolute atomic E-state index is 0.264. The molecule has 0 aliphatic heterocycles. The first-order chi connectivity index (χ1) is 16.6. The molecule has 5 aromatic rings. The number of carbonyl (C=O) groups is 1. The van der Waals surface area contributed by atoms with Gasteiger partial charge in [-0.05, 0) is 54.1 Å². The van der Waals surface area contributed by atoms with Crippen molar-refractivity contribution in [1.29, 1.82) is 0 Å². The van der Waals surface area contributed by atoms with Crippen molar-refractivity contribution in [2.75, 3.05) is 10.6 Å². The summed E-state index contributed by atoms with van der Waals surface area (Å²) in [5.41, 5.74) is 4.94. The van der Waals surface area contributed by atoms with Crippen LogP contribution in [0.2, 0.25) is 0 Å². The fourth-order valence-corrected chi connectivity index (χ4v) is 3.52. The number of H-pyrrole nitrogens is 1. The van der Waals surface area contributed by atoms with Crippen molar-refractivity contribution in [1.82, 2.24) is 10.2 Å². The maximum Gasteiger partial charge on any atom is 0.335 e. The van der Waals surface area contributed by atoms with Crippen LogP contribution in [0.5, 0.6) is 0 Å². The smallest absolute Gasteiger partial charge is 0.335 e. The third-order valence-electron chi connectivity index (χ3n) is 5.20. The van der Waals surface area contributed by atoms with Crippen LogP contribution in [0.4, 0.5) is 17.1 Å². The number of carbonyl (C=O) groups excluding carboxylic acids is 1. The summed E-state index contributed by atoms with van der Waals surface area (Å²) < 4.78 is 4.75. The molecule has 0 saturated carbocycles. The molecule has 2 aromatic heterocycles. The molecule has 0 spiro atoms. The topological polar surface area (TPSA) is 100 Å². The van der Waals surface area contributed by atoms with Crippen molar-refractivity contribution in [2.24, 2.45) is 0 Å². The zero-order valence-electron chi connectivity index (χ0n) is 18.0. The molecule has 0 atom stereocenters. The van der Waals surface area contributed by atoms with E-state index in [-0.39, 0.29) is 11.5 Å². The Morgan fingerprint density at radius 1 is 0.853 bits per heavy atom. The van der Waals surface area contributed by atoms with Crippen LogP contribution in [0.1, 0.15) is 21.6 Å². The van der Waals surface area contributed by atoms with E-state index in [1.165, 1.54) is 12.1 Å². The zero-order valence-corrected chi connectivity index (χ0v) is 18.0. The van der Waals surface area contributed by atoms with Crippen molar-refractivity contribution in [2.45, 2.75) is 0 Å². The van der Waals surface area contributed by atoms with Crippen LogP contribution in [0.25, 0.3) is 23.1 Å². The van der Waals surface area contributed by atoms with Crippen LogP contribution >= 0.6 is 0 Å². The number of nitrogens with zero attached hydrogens (tertiary/aromatic N) is 1. The lowest BCUT2D eigenvalue weighted by atomic mass is 10.1. The molecule has 0 aliphatic rings. The Balaban J connectivity index is 1.30. The lowest BCUT2D eigenvalue weighted by molar-refractivity contribution is 0.102. The average molecular weight is 448 g/mol. The Morgan fingerprint density at radius 3 is 2.50 bits per heavy atom. The van der Waals surface area contributed by atoms with E-state index in [0.717, 1.165) is 39.8 Å². The summed E-state index contributed by atoms with van der Waals surface area (Å²) in [6, 6.07) is 26.0. The van der Waals surface area contributed by atoms with Gasteiger partial charge in [0.25, 0.3) is 5.91 Å². The summed E-state index contributed by atoms with van der Waals surface area (Å²) >= 11 is 0. The molecule has 0 bridgehead atoms. The summed E-state index contributed by atoms with van der Waals surface area (Å²) in [6.07, 6.45) is 5.17. The molecule has 7 heteroatoms. The Morgan fingerprint density at radius 2 is 1.68 bits per heavy atom. The molecule has 0 unspecified atom stereocenters. The van der Waals surface area contributed by atoms with Gasteiger partial charge in [-0.25, -0.2) is 4.79 Å². The predicted octanol–water partition coefficient (Wildman–Crippen LogP) is 5.68. The van der Waals surface area contributed by atoms with E-state index >= 15 is 0 Å². The molecule has 0 fully saturated rings. The Labute approximate surface area is 194 Å². The fraction of sp³-hybridized carbons (Fsp3) is 0. The van der Waals surface area contributed by atoms with E-state index in [0.29, 0.717) is 5.69 Å². The molecule has 0 saturated heterocycles. The van der Waals surface area contributed by atoms with Gasteiger partial charge in [-0.15, -0.1) is 0 Å². The highest BCUT2D eigenvalue weighted by molar-refractivity contribution is 6.04. The minimum atomic E-state index is -0.503. The van der Waals surface area contributed by atoms with Gasteiger partial charge < -0.3 is 15.1 Å². The van der Waals surface area contributed by atoms with Crippen molar-refractivity contribution in [3.8, 4) is 0 Å². The number of aromatic amines is 1. The number of amides is 1. The van der Waals surface area contributed by atoms with E-state index in [2.05, 4.69) is 20.8 Å². The largest absolute Gasteiger partial charge is 0.430 e. The molecule has 0 aliphatic carbocycles. The third kappa shape index (κ3) is 4.78. The average Bonchev–Trinajstić information content (AvgIpc) is 3.26. The van der Waals surface area contributed by atoms with Gasteiger partial charge in [0, 0.05) is 28.5 Å². The highest BCUT2D eigenvalue weighted by Crippen LogP contribution is 2.25. The third-order valence-corrected chi connectivity index (χ3v) is 5.20. The Kier molecular flexibility index (Phi) is 5.73. The molecule has 1 amide bonds. The highest BCUT2D eigenvalue weighted by atomic mass is 16.4. The Hall–Kier alpha value is -4.91. The number of fused-ring (bicyclic) bond motifs is 1. The van der Waals surface area contributed by atoms with Gasteiger partial charge in [0.2, 0.25) is 0 Å². The van der Waals surface area contributed by atoms with Crippen molar-refractivity contribution in [3.05, 3.63) is 118 Å². The van der Waals surface area contributed by atoms with Crippen LogP contribution in [-0.2, 0) is 0 Å². The standard InChI is InChI=1S/C27H20N4O3/c32-26-14-10-19(17-34-26)27(33)29-21-8-4-7-20(15-21)28-22-11-12-23-24(30-31-25(23)16-22)13-9-18-5-2-1-3-6-18/h1-17,28H,(H,29,33)(H,30,31)/b13-9+. The summed E-state index contributed by atoms with van der Waals surface area (Å²) in [5.74, 6) is -0.365. The van der Waals surface area contributed by atoms with Crippen LogP contribution in [-0.4, -0.2) is 16.1 Å². The molecular formula is C27H20N4O3. The summed E-state index contributed by atoms with van der Waals surface area (Å²) in [6.45, 7) is 0. The van der Waals surface area contributed by atoms with Gasteiger partial charge >= 0.3 is 5.63 Å². The van der Waals surface area contributed by atoms with Crippen LogP contribution in [0.15, 0.2) is 100 Å². The highest BCUT2D eigenvalue weighted by Gasteiger charge is 2.08. The molecule has 3 N–H and O–H groups in total. The minimum Gasteiger partial charge on any atom is -0.430 e. The van der Waals surface area contributed by atoms with E-state index in [1.807, 2.05) is 78.9 Å². The molecule has 166 valence electrons. The molecule has 2 heterocycles. The second kappa shape index (κ2) is 9.30. The van der Waals surface area contributed by atoms with E-state index in [4.69, 9.17) is 4.42 Å².